The van der Waals surface area contributed by atoms with E-state index in [4.69, 9.17) is 0 Å². The van der Waals surface area contributed by atoms with Gasteiger partial charge in [-0.1, -0.05) is 6.42 Å². The second kappa shape index (κ2) is 7.85. The number of hydrogen-bond donors (Lipinski definition) is 1. The minimum absolute atomic E-state index is 0.102. The first-order valence-corrected chi connectivity index (χ1v) is 7.93. The van der Waals surface area contributed by atoms with Crippen LogP contribution in [0.25, 0.3) is 0 Å². The average molecular weight is 267 g/mol. The Hall–Kier alpha value is -0.610. The zero-order valence-electron chi connectivity index (χ0n) is 12.4. The first-order chi connectivity index (χ1) is 9.24. The van der Waals surface area contributed by atoms with Gasteiger partial charge in [0.15, 0.2) is 0 Å². The lowest BCUT2D eigenvalue weighted by Gasteiger charge is -2.35. The SMILES string of the molecule is CC(=O)NCC1CCCN(CCN2CCCCC2)C1. The van der Waals surface area contributed by atoms with Crippen molar-refractivity contribution < 1.29 is 4.79 Å². The lowest BCUT2D eigenvalue weighted by molar-refractivity contribution is -0.119. The van der Waals surface area contributed by atoms with Gasteiger partial charge < -0.3 is 15.1 Å². The van der Waals surface area contributed by atoms with Gasteiger partial charge >= 0.3 is 0 Å². The number of nitrogens with one attached hydrogen (secondary N) is 1. The molecule has 1 atom stereocenters. The van der Waals surface area contributed by atoms with E-state index >= 15 is 0 Å². The smallest absolute Gasteiger partial charge is 0.216 e. The Morgan fingerprint density at radius 1 is 1.05 bits per heavy atom. The van der Waals surface area contributed by atoms with Crippen LogP contribution in [0.3, 0.4) is 0 Å². The number of carbonyl (C=O) groups is 1. The normalized spacial score (nSPS) is 26.3. The van der Waals surface area contributed by atoms with Crippen LogP contribution in [0.2, 0.25) is 0 Å². The lowest BCUT2D eigenvalue weighted by Crippen LogP contribution is -2.44. The molecule has 4 nitrogen and oxygen atoms in total. The molecule has 0 saturated carbocycles. The van der Waals surface area contributed by atoms with Crippen LogP contribution in [0.4, 0.5) is 0 Å². The summed E-state index contributed by atoms with van der Waals surface area (Å²) in [5.41, 5.74) is 0. The molecule has 0 radical (unpaired) electrons. The summed E-state index contributed by atoms with van der Waals surface area (Å²) in [4.78, 5) is 16.2. The molecular formula is C15H29N3O. The molecule has 2 aliphatic rings. The van der Waals surface area contributed by atoms with Gasteiger partial charge in [-0.2, -0.15) is 0 Å². The van der Waals surface area contributed by atoms with Crippen LogP contribution in [0.15, 0.2) is 0 Å². The number of rotatable bonds is 5. The molecule has 2 heterocycles. The van der Waals surface area contributed by atoms with Crippen molar-refractivity contribution in [3.05, 3.63) is 0 Å². The van der Waals surface area contributed by atoms with Crippen LogP contribution in [-0.4, -0.2) is 61.5 Å². The Kier molecular flexibility index (Phi) is 6.11. The molecule has 0 spiro atoms. The van der Waals surface area contributed by atoms with E-state index < -0.39 is 0 Å². The molecule has 2 aliphatic heterocycles. The van der Waals surface area contributed by atoms with Crippen molar-refractivity contribution in [2.75, 3.05) is 45.8 Å². The maximum atomic E-state index is 11.0. The summed E-state index contributed by atoms with van der Waals surface area (Å²) in [5.74, 6) is 0.754. The van der Waals surface area contributed by atoms with Gasteiger partial charge in [0.2, 0.25) is 5.91 Å². The van der Waals surface area contributed by atoms with E-state index in [9.17, 15) is 4.79 Å². The van der Waals surface area contributed by atoms with Crippen molar-refractivity contribution >= 4 is 5.91 Å². The number of amides is 1. The van der Waals surface area contributed by atoms with Gasteiger partial charge in [-0.15, -0.1) is 0 Å². The monoisotopic (exact) mass is 267 g/mol. The summed E-state index contributed by atoms with van der Waals surface area (Å²) in [6, 6.07) is 0. The summed E-state index contributed by atoms with van der Waals surface area (Å²) < 4.78 is 0. The summed E-state index contributed by atoms with van der Waals surface area (Å²) in [6.45, 7) is 9.89. The number of hydrogen-bond acceptors (Lipinski definition) is 3. The second-order valence-electron chi connectivity index (χ2n) is 6.15. The first kappa shape index (κ1) is 14.8. The average Bonchev–Trinajstić information content (AvgIpc) is 2.44. The molecule has 0 aromatic rings. The topological polar surface area (TPSA) is 35.6 Å². The molecule has 2 saturated heterocycles. The van der Waals surface area contributed by atoms with Gasteiger partial charge in [-0.25, -0.2) is 0 Å². The van der Waals surface area contributed by atoms with Gasteiger partial charge in [0, 0.05) is 33.1 Å². The van der Waals surface area contributed by atoms with Gasteiger partial charge in [0.25, 0.3) is 0 Å². The Labute approximate surface area is 117 Å². The van der Waals surface area contributed by atoms with Crippen LogP contribution in [0.1, 0.15) is 39.0 Å². The van der Waals surface area contributed by atoms with E-state index in [1.165, 1.54) is 64.8 Å². The van der Waals surface area contributed by atoms with Crippen molar-refractivity contribution in [1.29, 1.82) is 0 Å². The molecule has 1 amide bonds. The summed E-state index contributed by atoms with van der Waals surface area (Å²) in [5, 5.41) is 2.97. The zero-order valence-corrected chi connectivity index (χ0v) is 12.4. The molecular weight excluding hydrogens is 238 g/mol. The summed E-state index contributed by atoms with van der Waals surface area (Å²) >= 11 is 0. The van der Waals surface area contributed by atoms with Crippen LogP contribution >= 0.6 is 0 Å². The fourth-order valence-corrected chi connectivity index (χ4v) is 3.27. The summed E-state index contributed by atoms with van der Waals surface area (Å²) in [6.07, 6.45) is 6.72. The fraction of sp³-hybridized carbons (Fsp3) is 0.933. The Bertz CT molecular complexity index is 277. The van der Waals surface area contributed by atoms with E-state index in [0.717, 1.165) is 13.1 Å². The molecule has 2 fully saturated rings. The molecule has 0 aromatic carbocycles. The van der Waals surface area contributed by atoms with Crippen LogP contribution < -0.4 is 5.32 Å². The standard InChI is InChI=1S/C15H29N3O/c1-14(19)16-12-15-6-5-9-18(13-15)11-10-17-7-3-2-4-8-17/h15H,2-13H2,1H3,(H,16,19). The molecule has 0 bridgehead atoms. The van der Waals surface area contributed by atoms with Crippen molar-refractivity contribution in [3.8, 4) is 0 Å². The van der Waals surface area contributed by atoms with Crippen LogP contribution in [-0.2, 0) is 4.79 Å². The van der Waals surface area contributed by atoms with Crippen LogP contribution in [0.5, 0.6) is 0 Å². The molecule has 1 unspecified atom stereocenters. The highest BCUT2D eigenvalue weighted by Crippen LogP contribution is 2.16. The van der Waals surface area contributed by atoms with Gasteiger partial charge in [-0.05, 0) is 51.2 Å². The number of likely N-dealkylation sites (tertiary alicyclic amines) is 2. The number of piperidine rings is 2. The molecule has 1 N–H and O–H groups in total. The maximum Gasteiger partial charge on any atom is 0.216 e. The lowest BCUT2D eigenvalue weighted by atomic mass is 9.98. The van der Waals surface area contributed by atoms with Crippen molar-refractivity contribution in [1.82, 2.24) is 15.1 Å². The van der Waals surface area contributed by atoms with Gasteiger partial charge in [0.1, 0.15) is 0 Å². The third kappa shape index (κ3) is 5.49. The minimum Gasteiger partial charge on any atom is -0.356 e. The largest absolute Gasteiger partial charge is 0.356 e. The Morgan fingerprint density at radius 2 is 1.74 bits per heavy atom. The number of nitrogens with zero attached hydrogens (tertiary/aromatic N) is 2. The second-order valence-corrected chi connectivity index (χ2v) is 6.15. The molecule has 0 aromatic heterocycles. The van der Waals surface area contributed by atoms with Gasteiger partial charge in [-0.3, -0.25) is 4.79 Å². The van der Waals surface area contributed by atoms with Crippen molar-refractivity contribution in [2.45, 2.75) is 39.0 Å². The zero-order chi connectivity index (χ0) is 13.5. The molecule has 110 valence electrons. The fourth-order valence-electron chi connectivity index (χ4n) is 3.27. The van der Waals surface area contributed by atoms with Gasteiger partial charge in [0.05, 0.1) is 0 Å². The predicted octanol–water partition coefficient (Wildman–Crippen LogP) is 1.32. The predicted molar refractivity (Wildman–Crippen MR) is 78.1 cm³/mol. The van der Waals surface area contributed by atoms with Crippen LogP contribution in [0, 0.1) is 5.92 Å². The maximum absolute atomic E-state index is 11.0. The van der Waals surface area contributed by atoms with Crippen molar-refractivity contribution in [3.63, 3.8) is 0 Å². The molecule has 0 aliphatic carbocycles. The first-order valence-electron chi connectivity index (χ1n) is 7.93. The highest BCUT2D eigenvalue weighted by atomic mass is 16.1. The third-order valence-corrected chi connectivity index (χ3v) is 4.42. The molecule has 19 heavy (non-hydrogen) atoms. The van der Waals surface area contributed by atoms with E-state index in [1.807, 2.05) is 0 Å². The van der Waals surface area contributed by atoms with E-state index in [0.29, 0.717) is 5.92 Å². The number of carbonyl (C=O) groups excluding carboxylic acids is 1. The molecule has 2 rings (SSSR count). The van der Waals surface area contributed by atoms with E-state index in [-0.39, 0.29) is 5.91 Å². The Balaban J connectivity index is 1.64. The quantitative estimate of drug-likeness (QED) is 0.816. The Morgan fingerprint density at radius 3 is 2.47 bits per heavy atom. The highest BCUT2D eigenvalue weighted by molar-refractivity contribution is 5.72. The third-order valence-electron chi connectivity index (χ3n) is 4.42. The van der Waals surface area contributed by atoms with E-state index in [2.05, 4.69) is 15.1 Å². The van der Waals surface area contributed by atoms with E-state index in [1.54, 1.807) is 6.92 Å². The van der Waals surface area contributed by atoms with Crippen molar-refractivity contribution in [2.24, 2.45) is 5.92 Å². The summed E-state index contributed by atoms with van der Waals surface area (Å²) in [7, 11) is 0. The highest BCUT2D eigenvalue weighted by Gasteiger charge is 2.20. The minimum atomic E-state index is 0.102. The molecule has 4 heteroatoms.